The van der Waals surface area contributed by atoms with E-state index in [-0.39, 0.29) is 5.91 Å². The molecule has 1 aliphatic rings. The molecule has 2 aromatic rings. The van der Waals surface area contributed by atoms with Gasteiger partial charge in [-0.05, 0) is 51.3 Å². The van der Waals surface area contributed by atoms with Gasteiger partial charge in [-0.25, -0.2) is 0 Å². The molecular formula is C18H22N2O. The van der Waals surface area contributed by atoms with Crippen molar-refractivity contribution in [1.29, 1.82) is 0 Å². The van der Waals surface area contributed by atoms with E-state index in [1.165, 1.54) is 6.42 Å². The van der Waals surface area contributed by atoms with Gasteiger partial charge in [-0.15, -0.1) is 0 Å². The Morgan fingerprint density at radius 3 is 2.86 bits per heavy atom. The predicted octanol–water partition coefficient (Wildman–Crippen LogP) is 4.00. The van der Waals surface area contributed by atoms with Crippen molar-refractivity contribution in [3.63, 3.8) is 0 Å². The number of benzene rings is 1. The van der Waals surface area contributed by atoms with Gasteiger partial charge < -0.3 is 9.88 Å². The summed E-state index contributed by atoms with van der Waals surface area (Å²) in [5.41, 5.74) is 3.93. The van der Waals surface area contributed by atoms with Crippen LogP contribution in [0, 0.1) is 6.92 Å². The van der Waals surface area contributed by atoms with E-state index in [1.54, 1.807) is 0 Å². The van der Waals surface area contributed by atoms with Crippen molar-refractivity contribution in [2.75, 3.05) is 6.54 Å². The number of hydrogen-bond acceptors (Lipinski definition) is 1. The van der Waals surface area contributed by atoms with Crippen LogP contribution in [0.3, 0.4) is 0 Å². The molecule has 110 valence electrons. The zero-order chi connectivity index (χ0) is 14.8. The average molecular weight is 282 g/mol. The van der Waals surface area contributed by atoms with Crippen molar-refractivity contribution in [3.05, 3.63) is 47.7 Å². The molecule has 1 aliphatic heterocycles. The number of aryl methyl sites for hydroxylation is 1. The van der Waals surface area contributed by atoms with Gasteiger partial charge in [-0.3, -0.25) is 4.79 Å². The summed E-state index contributed by atoms with van der Waals surface area (Å²) in [6.07, 6.45) is 5.34. The first-order valence-electron chi connectivity index (χ1n) is 7.72. The SMILES string of the molecule is Cc1ccc(-c2ccc[nH]2)c(C(=O)N2CCCCC2C)c1. The van der Waals surface area contributed by atoms with Gasteiger partial charge in [0.05, 0.1) is 0 Å². The Labute approximate surface area is 126 Å². The largest absolute Gasteiger partial charge is 0.361 e. The van der Waals surface area contributed by atoms with Crippen LogP contribution >= 0.6 is 0 Å². The summed E-state index contributed by atoms with van der Waals surface area (Å²) < 4.78 is 0. The summed E-state index contributed by atoms with van der Waals surface area (Å²) >= 11 is 0. The molecule has 0 aliphatic carbocycles. The van der Waals surface area contributed by atoms with E-state index in [0.717, 1.165) is 41.8 Å². The maximum Gasteiger partial charge on any atom is 0.254 e. The highest BCUT2D eigenvalue weighted by molar-refractivity contribution is 6.01. The molecule has 1 saturated heterocycles. The lowest BCUT2D eigenvalue weighted by Crippen LogP contribution is -2.42. The van der Waals surface area contributed by atoms with Crippen molar-refractivity contribution in [3.8, 4) is 11.3 Å². The van der Waals surface area contributed by atoms with Crippen molar-refractivity contribution in [1.82, 2.24) is 9.88 Å². The van der Waals surface area contributed by atoms with Crippen LogP contribution in [0.2, 0.25) is 0 Å². The molecular weight excluding hydrogens is 260 g/mol. The lowest BCUT2D eigenvalue weighted by Gasteiger charge is -2.34. The van der Waals surface area contributed by atoms with E-state index in [2.05, 4.69) is 18.0 Å². The molecule has 2 heterocycles. The molecule has 3 heteroatoms. The Balaban J connectivity index is 2.00. The van der Waals surface area contributed by atoms with Crippen LogP contribution in [0.5, 0.6) is 0 Å². The fraction of sp³-hybridized carbons (Fsp3) is 0.389. The van der Waals surface area contributed by atoms with Gasteiger partial charge in [-0.2, -0.15) is 0 Å². The summed E-state index contributed by atoms with van der Waals surface area (Å²) in [6.45, 7) is 5.06. The van der Waals surface area contributed by atoms with Gasteiger partial charge in [0.25, 0.3) is 5.91 Å². The van der Waals surface area contributed by atoms with E-state index >= 15 is 0 Å². The maximum atomic E-state index is 13.0. The lowest BCUT2D eigenvalue weighted by atomic mass is 9.97. The van der Waals surface area contributed by atoms with Crippen LogP contribution in [-0.4, -0.2) is 28.4 Å². The summed E-state index contributed by atoms with van der Waals surface area (Å²) in [5.74, 6) is 0.163. The number of carbonyl (C=O) groups excluding carboxylic acids is 1. The summed E-state index contributed by atoms with van der Waals surface area (Å²) in [5, 5.41) is 0. The average Bonchev–Trinajstić information content (AvgIpc) is 3.01. The zero-order valence-corrected chi connectivity index (χ0v) is 12.7. The molecule has 1 unspecified atom stereocenters. The lowest BCUT2D eigenvalue weighted by molar-refractivity contribution is 0.0636. The maximum absolute atomic E-state index is 13.0. The second kappa shape index (κ2) is 5.76. The molecule has 3 rings (SSSR count). The molecule has 1 fully saturated rings. The minimum atomic E-state index is 0.163. The summed E-state index contributed by atoms with van der Waals surface area (Å²) in [4.78, 5) is 18.2. The smallest absolute Gasteiger partial charge is 0.254 e. The predicted molar refractivity (Wildman–Crippen MR) is 85.3 cm³/mol. The van der Waals surface area contributed by atoms with Crippen molar-refractivity contribution in [2.24, 2.45) is 0 Å². The molecule has 1 N–H and O–H groups in total. The van der Waals surface area contributed by atoms with Crippen molar-refractivity contribution >= 4 is 5.91 Å². The number of nitrogens with zero attached hydrogens (tertiary/aromatic N) is 1. The number of hydrogen-bond donors (Lipinski definition) is 1. The second-order valence-corrected chi connectivity index (χ2v) is 5.98. The number of carbonyl (C=O) groups is 1. The summed E-state index contributed by atoms with van der Waals surface area (Å²) in [6, 6.07) is 10.4. The first kappa shape index (κ1) is 13.9. The van der Waals surface area contributed by atoms with Gasteiger partial charge >= 0.3 is 0 Å². The number of rotatable bonds is 2. The van der Waals surface area contributed by atoms with Gasteiger partial charge in [0.15, 0.2) is 0 Å². The van der Waals surface area contributed by atoms with E-state index in [4.69, 9.17) is 0 Å². The van der Waals surface area contributed by atoms with Crippen LogP contribution in [-0.2, 0) is 0 Å². The Bertz CT molecular complexity index is 631. The van der Waals surface area contributed by atoms with Crippen molar-refractivity contribution in [2.45, 2.75) is 39.2 Å². The van der Waals surface area contributed by atoms with E-state index in [0.29, 0.717) is 6.04 Å². The molecule has 0 saturated carbocycles. The number of aromatic nitrogens is 1. The number of aromatic amines is 1. The van der Waals surface area contributed by atoms with Gasteiger partial charge in [0.2, 0.25) is 0 Å². The standard InChI is InChI=1S/C18H22N2O/c1-13-8-9-15(17-7-5-10-19-17)16(12-13)18(21)20-11-4-3-6-14(20)2/h5,7-10,12,14,19H,3-4,6,11H2,1-2H3. The number of likely N-dealkylation sites (tertiary alicyclic amines) is 1. The fourth-order valence-corrected chi connectivity index (χ4v) is 3.12. The van der Waals surface area contributed by atoms with E-state index in [1.807, 2.05) is 42.3 Å². The van der Waals surface area contributed by atoms with E-state index in [9.17, 15) is 4.79 Å². The molecule has 3 nitrogen and oxygen atoms in total. The van der Waals surface area contributed by atoms with Crippen LogP contribution < -0.4 is 0 Å². The highest BCUT2D eigenvalue weighted by Crippen LogP contribution is 2.27. The minimum Gasteiger partial charge on any atom is -0.361 e. The Hall–Kier alpha value is -2.03. The van der Waals surface area contributed by atoms with Gasteiger partial charge in [0, 0.05) is 35.6 Å². The number of H-pyrrole nitrogens is 1. The molecule has 1 aromatic heterocycles. The Morgan fingerprint density at radius 2 is 2.14 bits per heavy atom. The molecule has 0 spiro atoms. The monoisotopic (exact) mass is 282 g/mol. The summed E-state index contributed by atoms with van der Waals surface area (Å²) in [7, 11) is 0. The normalized spacial score (nSPS) is 18.8. The molecule has 1 amide bonds. The highest BCUT2D eigenvalue weighted by Gasteiger charge is 2.26. The topological polar surface area (TPSA) is 36.1 Å². The van der Waals surface area contributed by atoms with Gasteiger partial charge in [-0.1, -0.05) is 17.7 Å². The third-order valence-electron chi connectivity index (χ3n) is 4.36. The quantitative estimate of drug-likeness (QED) is 0.887. The fourth-order valence-electron chi connectivity index (χ4n) is 3.12. The first-order valence-corrected chi connectivity index (χ1v) is 7.72. The second-order valence-electron chi connectivity index (χ2n) is 5.98. The van der Waals surface area contributed by atoms with Crippen LogP contribution in [0.4, 0.5) is 0 Å². The molecule has 0 radical (unpaired) electrons. The Kier molecular flexibility index (Phi) is 3.82. The molecule has 1 atom stereocenters. The third kappa shape index (κ3) is 2.73. The third-order valence-corrected chi connectivity index (χ3v) is 4.36. The molecule has 0 bridgehead atoms. The molecule has 1 aromatic carbocycles. The van der Waals surface area contributed by atoms with Crippen LogP contribution in [0.15, 0.2) is 36.5 Å². The minimum absolute atomic E-state index is 0.163. The Morgan fingerprint density at radius 1 is 1.29 bits per heavy atom. The van der Waals surface area contributed by atoms with Gasteiger partial charge in [0.1, 0.15) is 0 Å². The van der Waals surface area contributed by atoms with Crippen molar-refractivity contribution < 1.29 is 4.79 Å². The number of amides is 1. The highest BCUT2D eigenvalue weighted by atomic mass is 16.2. The number of piperidine rings is 1. The van der Waals surface area contributed by atoms with Crippen LogP contribution in [0.1, 0.15) is 42.1 Å². The zero-order valence-electron chi connectivity index (χ0n) is 12.7. The van der Waals surface area contributed by atoms with Crippen LogP contribution in [0.25, 0.3) is 11.3 Å². The van der Waals surface area contributed by atoms with E-state index < -0.39 is 0 Å². The number of nitrogens with one attached hydrogen (secondary N) is 1. The first-order chi connectivity index (χ1) is 10.2. The molecule has 21 heavy (non-hydrogen) atoms.